The quantitative estimate of drug-likeness (QED) is 0.918. The van der Waals surface area contributed by atoms with Crippen LogP contribution in [0.5, 0.6) is 0 Å². The second-order valence-corrected chi connectivity index (χ2v) is 5.70. The molecule has 1 N–H and O–H groups in total. The van der Waals surface area contributed by atoms with E-state index in [1.165, 1.54) is 11.1 Å². The Morgan fingerprint density at radius 3 is 2.10 bits per heavy atom. The Labute approximate surface area is 126 Å². The van der Waals surface area contributed by atoms with Crippen LogP contribution in [0.3, 0.4) is 0 Å². The van der Waals surface area contributed by atoms with Crippen molar-refractivity contribution < 1.29 is 4.79 Å². The summed E-state index contributed by atoms with van der Waals surface area (Å²) < 4.78 is 0. The van der Waals surface area contributed by atoms with E-state index in [0.717, 1.165) is 6.42 Å². The topological polar surface area (TPSA) is 29.1 Å². The number of Topliss-reactive ketones (excluding diaryl/α,β-unsaturated/α-hetero) is 1. The normalized spacial score (nSPS) is 25.8. The van der Waals surface area contributed by atoms with Crippen LogP contribution in [0, 0.1) is 5.92 Å². The van der Waals surface area contributed by atoms with Gasteiger partial charge >= 0.3 is 0 Å². The van der Waals surface area contributed by atoms with E-state index in [1.54, 1.807) is 0 Å². The van der Waals surface area contributed by atoms with Gasteiger partial charge in [-0.05, 0) is 17.5 Å². The van der Waals surface area contributed by atoms with Crippen molar-refractivity contribution in [2.75, 3.05) is 0 Å². The van der Waals surface area contributed by atoms with Crippen LogP contribution in [0.4, 0.5) is 0 Å². The summed E-state index contributed by atoms with van der Waals surface area (Å²) in [6, 6.07) is 20.8. The number of benzene rings is 2. The summed E-state index contributed by atoms with van der Waals surface area (Å²) in [5.74, 6) is 0.450. The molecule has 2 heteroatoms. The molecule has 21 heavy (non-hydrogen) atoms. The van der Waals surface area contributed by atoms with Gasteiger partial charge in [-0.3, -0.25) is 4.79 Å². The SMILES string of the molecule is CC[C@@H]1C(=O)C[C@@H](c2ccccc2)N[C@H]1c1ccccc1. The lowest BCUT2D eigenvalue weighted by atomic mass is 9.79. The van der Waals surface area contributed by atoms with Crippen LogP contribution in [0.15, 0.2) is 60.7 Å². The Balaban J connectivity index is 1.91. The van der Waals surface area contributed by atoms with E-state index < -0.39 is 0 Å². The predicted octanol–water partition coefficient (Wildman–Crippen LogP) is 4.06. The molecule has 0 radical (unpaired) electrons. The summed E-state index contributed by atoms with van der Waals surface area (Å²) in [7, 11) is 0. The van der Waals surface area contributed by atoms with Crippen molar-refractivity contribution in [2.45, 2.75) is 31.8 Å². The van der Waals surface area contributed by atoms with Gasteiger partial charge in [0.05, 0.1) is 0 Å². The first kappa shape index (κ1) is 14.0. The predicted molar refractivity (Wildman–Crippen MR) is 84.9 cm³/mol. The lowest BCUT2D eigenvalue weighted by Crippen LogP contribution is -2.42. The molecule has 1 fully saturated rings. The van der Waals surface area contributed by atoms with Crippen molar-refractivity contribution in [3.63, 3.8) is 0 Å². The zero-order valence-corrected chi connectivity index (χ0v) is 12.3. The smallest absolute Gasteiger partial charge is 0.139 e. The summed E-state index contributed by atoms with van der Waals surface area (Å²) in [5, 5.41) is 3.70. The fourth-order valence-corrected chi connectivity index (χ4v) is 3.28. The maximum Gasteiger partial charge on any atom is 0.139 e. The van der Waals surface area contributed by atoms with E-state index in [9.17, 15) is 4.79 Å². The van der Waals surface area contributed by atoms with Crippen molar-refractivity contribution in [2.24, 2.45) is 5.92 Å². The molecular weight excluding hydrogens is 258 g/mol. The molecule has 0 aromatic heterocycles. The minimum absolute atomic E-state index is 0.0763. The fraction of sp³-hybridized carbons (Fsp3) is 0.316. The lowest BCUT2D eigenvalue weighted by molar-refractivity contribution is -0.126. The Morgan fingerprint density at radius 1 is 0.952 bits per heavy atom. The maximum absolute atomic E-state index is 12.6. The van der Waals surface area contributed by atoms with Gasteiger partial charge in [0.2, 0.25) is 0 Å². The molecule has 2 aromatic rings. The van der Waals surface area contributed by atoms with Crippen LogP contribution in [0.1, 0.15) is 43.0 Å². The van der Waals surface area contributed by atoms with E-state index in [0.29, 0.717) is 12.2 Å². The average molecular weight is 279 g/mol. The van der Waals surface area contributed by atoms with Gasteiger partial charge in [-0.1, -0.05) is 67.6 Å². The van der Waals surface area contributed by atoms with E-state index in [1.807, 2.05) is 36.4 Å². The standard InChI is InChI=1S/C19H21NO/c1-2-16-18(21)13-17(14-9-5-3-6-10-14)20-19(16)15-11-7-4-8-12-15/h3-12,16-17,19-20H,2,13H2,1H3/t16-,17+,19+/m1/s1. The van der Waals surface area contributed by atoms with Gasteiger partial charge in [0.15, 0.2) is 0 Å². The third kappa shape index (κ3) is 2.91. The molecule has 2 aromatic carbocycles. The fourth-order valence-electron chi connectivity index (χ4n) is 3.28. The Bertz CT molecular complexity index is 593. The van der Waals surface area contributed by atoms with Crippen LogP contribution in [0.25, 0.3) is 0 Å². The Morgan fingerprint density at radius 2 is 1.52 bits per heavy atom. The molecule has 0 saturated carbocycles. The average Bonchev–Trinajstić information content (AvgIpc) is 2.55. The third-order valence-corrected chi connectivity index (χ3v) is 4.40. The third-order valence-electron chi connectivity index (χ3n) is 4.40. The van der Waals surface area contributed by atoms with Gasteiger partial charge in [0.1, 0.15) is 5.78 Å². The number of carbonyl (C=O) groups excluding carboxylic acids is 1. The Hall–Kier alpha value is -1.93. The van der Waals surface area contributed by atoms with Gasteiger partial charge in [-0.15, -0.1) is 0 Å². The number of nitrogens with one attached hydrogen (secondary N) is 1. The van der Waals surface area contributed by atoms with Gasteiger partial charge in [-0.25, -0.2) is 0 Å². The van der Waals surface area contributed by atoms with Crippen molar-refractivity contribution in [3.8, 4) is 0 Å². The largest absolute Gasteiger partial charge is 0.302 e. The monoisotopic (exact) mass is 279 g/mol. The number of hydrogen-bond donors (Lipinski definition) is 1. The number of ketones is 1. The molecule has 1 heterocycles. The van der Waals surface area contributed by atoms with Gasteiger partial charge in [-0.2, -0.15) is 0 Å². The minimum Gasteiger partial charge on any atom is -0.302 e. The van der Waals surface area contributed by atoms with Crippen LogP contribution in [0.2, 0.25) is 0 Å². The number of hydrogen-bond acceptors (Lipinski definition) is 2. The molecule has 0 aliphatic carbocycles. The molecule has 0 spiro atoms. The zero-order valence-electron chi connectivity index (χ0n) is 12.3. The first-order valence-electron chi connectivity index (χ1n) is 7.68. The van der Waals surface area contributed by atoms with Crippen molar-refractivity contribution in [1.29, 1.82) is 0 Å². The molecule has 0 amide bonds. The van der Waals surface area contributed by atoms with E-state index in [2.05, 4.69) is 36.5 Å². The lowest BCUT2D eigenvalue weighted by Gasteiger charge is -2.36. The van der Waals surface area contributed by atoms with Crippen molar-refractivity contribution >= 4 is 5.78 Å². The van der Waals surface area contributed by atoms with E-state index >= 15 is 0 Å². The van der Waals surface area contributed by atoms with E-state index in [4.69, 9.17) is 0 Å². The van der Waals surface area contributed by atoms with Gasteiger partial charge < -0.3 is 5.32 Å². The molecule has 3 atom stereocenters. The molecule has 1 saturated heterocycles. The second kappa shape index (κ2) is 6.23. The maximum atomic E-state index is 12.6. The highest BCUT2D eigenvalue weighted by molar-refractivity contribution is 5.83. The number of piperidine rings is 1. The molecule has 0 bridgehead atoms. The van der Waals surface area contributed by atoms with Crippen LogP contribution in [-0.2, 0) is 4.79 Å². The number of carbonyl (C=O) groups is 1. The highest BCUT2D eigenvalue weighted by Gasteiger charge is 2.36. The van der Waals surface area contributed by atoms with Crippen molar-refractivity contribution in [1.82, 2.24) is 5.32 Å². The van der Waals surface area contributed by atoms with Crippen LogP contribution < -0.4 is 5.32 Å². The zero-order chi connectivity index (χ0) is 14.7. The molecule has 3 rings (SSSR count). The van der Waals surface area contributed by atoms with Crippen molar-refractivity contribution in [3.05, 3.63) is 71.8 Å². The first-order valence-corrected chi connectivity index (χ1v) is 7.68. The van der Waals surface area contributed by atoms with Gasteiger partial charge in [0, 0.05) is 24.4 Å². The summed E-state index contributed by atoms with van der Waals surface area (Å²) >= 11 is 0. The number of rotatable bonds is 3. The Kier molecular flexibility index (Phi) is 4.16. The van der Waals surface area contributed by atoms with Gasteiger partial charge in [0.25, 0.3) is 0 Å². The molecule has 108 valence electrons. The molecule has 1 aliphatic rings. The summed E-state index contributed by atoms with van der Waals surface area (Å²) in [4.78, 5) is 12.6. The summed E-state index contributed by atoms with van der Waals surface area (Å²) in [6.45, 7) is 2.10. The van der Waals surface area contributed by atoms with E-state index in [-0.39, 0.29) is 18.0 Å². The highest BCUT2D eigenvalue weighted by Crippen LogP contribution is 2.36. The first-order chi connectivity index (χ1) is 10.3. The van der Waals surface area contributed by atoms with Crippen LogP contribution >= 0.6 is 0 Å². The molecule has 2 nitrogen and oxygen atoms in total. The molecule has 0 unspecified atom stereocenters. The second-order valence-electron chi connectivity index (χ2n) is 5.70. The summed E-state index contributed by atoms with van der Waals surface area (Å²) in [6.07, 6.45) is 1.47. The minimum atomic E-state index is 0.0763. The van der Waals surface area contributed by atoms with Crippen LogP contribution in [-0.4, -0.2) is 5.78 Å². The molecular formula is C19H21NO. The molecule has 1 aliphatic heterocycles. The highest BCUT2D eigenvalue weighted by atomic mass is 16.1. The summed E-state index contributed by atoms with van der Waals surface area (Å²) in [5.41, 5.74) is 2.40.